The molecular weight excluding hydrogens is 398 g/mol. The third-order valence-electron chi connectivity index (χ3n) is 5.00. The van der Waals surface area contributed by atoms with Crippen molar-refractivity contribution in [2.45, 2.75) is 41.5 Å². The molecule has 0 N–H and O–H groups in total. The molecule has 0 fully saturated rings. The van der Waals surface area contributed by atoms with Gasteiger partial charge in [0.25, 0.3) is 0 Å². The Kier molecular flexibility index (Phi) is 10.7. The van der Waals surface area contributed by atoms with E-state index in [1.807, 2.05) is 33.8 Å². The van der Waals surface area contributed by atoms with Crippen LogP contribution in [0.2, 0.25) is 0 Å². The van der Waals surface area contributed by atoms with E-state index in [0.29, 0.717) is 0 Å². The third kappa shape index (κ3) is 7.50. The lowest BCUT2D eigenvalue weighted by atomic mass is 10.1. The van der Waals surface area contributed by atoms with E-state index in [-0.39, 0.29) is 0 Å². The monoisotopic (exact) mass is 435 g/mol. The van der Waals surface area contributed by atoms with Crippen LogP contribution in [0.5, 0.6) is 0 Å². The van der Waals surface area contributed by atoms with Crippen LogP contribution in [0, 0.1) is 13.8 Å². The Morgan fingerprint density at radius 3 is 1.15 bits per heavy atom. The quantitative estimate of drug-likeness (QED) is 0.282. The lowest BCUT2D eigenvalue weighted by molar-refractivity contribution is 1.27. The highest BCUT2D eigenvalue weighted by atomic mass is 15.1. The van der Waals surface area contributed by atoms with Crippen LogP contribution in [-0.2, 0) is 0 Å². The summed E-state index contributed by atoms with van der Waals surface area (Å²) in [6.45, 7) is 12.2. The van der Waals surface area contributed by atoms with Crippen molar-refractivity contribution in [1.82, 2.24) is 0 Å². The minimum absolute atomic E-state index is 1.15. The molecule has 0 aromatic heterocycles. The molecule has 4 rings (SSSR count). The molecule has 0 aliphatic rings. The standard InChI is InChI=1S/C28H25N.2C2H6/c1-22-8-16-26(17-9-22)29(27-18-10-23(2)11-19-27)28-20-14-25(15-21-28)13-12-24-6-4-3-5-7-24;2*1-2/h3-21H,1-2H3;2*1-2H3. The van der Waals surface area contributed by atoms with E-state index in [2.05, 4.69) is 128 Å². The molecule has 170 valence electrons. The van der Waals surface area contributed by atoms with Gasteiger partial charge in [-0.3, -0.25) is 0 Å². The molecule has 0 saturated heterocycles. The highest BCUT2D eigenvalue weighted by Crippen LogP contribution is 2.34. The van der Waals surface area contributed by atoms with E-state index < -0.39 is 0 Å². The predicted molar refractivity (Wildman–Crippen MR) is 149 cm³/mol. The molecular formula is C32H37N. The Balaban J connectivity index is 0.000000914. The van der Waals surface area contributed by atoms with Crippen molar-refractivity contribution in [2.24, 2.45) is 0 Å². The van der Waals surface area contributed by atoms with Crippen molar-refractivity contribution < 1.29 is 0 Å². The van der Waals surface area contributed by atoms with Gasteiger partial charge < -0.3 is 4.90 Å². The Hall–Kier alpha value is -3.58. The summed E-state index contributed by atoms with van der Waals surface area (Å²) in [4.78, 5) is 2.30. The van der Waals surface area contributed by atoms with Crippen LogP contribution in [0.3, 0.4) is 0 Å². The lowest BCUT2D eigenvalue weighted by Crippen LogP contribution is -2.09. The van der Waals surface area contributed by atoms with Crippen molar-refractivity contribution in [3.05, 3.63) is 125 Å². The van der Waals surface area contributed by atoms with Crippen LogP contribution >= 0.6 is 0 Å². The highest BCUT2D eigenvalue weighted by molar-refractivity contribution is 5.78. The van der Waals surface area contributed by atoms with Crippen molar-refractivity contribution in [2.75, 3.05) is 4.90 Å². The number of nitrogens with zero attached hydrogens (tertiary/aromatic N) is 1. The van der Waals surface area contributed by atoms with Gasteiger partial charge in [-0.2, -0.15) is 0 Å². The number of benzene rings is 4. The molecule has 0 aliphatic carbocycles. The fourth-order valence-corrected chi connectivity index (χ4v) is 3.33. The first-order valence-electron chi connectivity index (χ1n) is 12.0. The zero-order valence-corrected chi connectivity index (χ0v) is 20.9. The van der Waals surface area contributed by atoms with E-state index in [1.54, 1.807) is 0 Å². The first-order valence-corrected chi connectivity index (χ1v) is 12.0. The molecule has 33 heavy (non-hydrogen) atoms. The van der Waals surface area contributed by atoms with Gasteiger partial charge in [0.2, 0.25) is 0 Å². The summed E-state index contributed by atoms with van der Waals surface area (Å²) in [5.74, 6) is 0. The van der Waals surface area contributed by atoms with E-state index in [4.69, 9.17) is 0 Å². The van der Waals surface area contributed by atoms with Crippen LogP contribution in [-0.4, -0.2) is 0 Å². The van der Waals surface area contributed by atoms with Crippen molar-refractivity contribution >= 4 is 29.2 Å². The van der Waals surface area contributed by atoms with E-state index >= 15 is 0 Å². The molecule has 4 aromatic carbocycles. The van der Waals surface area contributed by atoms with Crippen LogP contribution in [0.1, 0.15) is 49.9 Å². The maximum atomic E-state index is 2.30. The summed E-state index contributed by atoms with van der Waals surface area (Å²) < 4.78 is 0. The van der Waals surface area contributed by atoms with Crippen LogP contribution in [0.25, 0.3) is 12.2 Å². The Morgan fingerprint density at radius 1 is 0.424 bits per heavy atom. The molecule has 1 heteroatoms. The molecule has 0 radical (unpaired) electrons. The first kappa shape index (κ1) is 25.7. The lowest BCUT2D eigenvalue weighted by Gasteiger charge is -2.25. The Labute approximate surface area is 201 Å². The molecule has 0 bridgehead atoms. The summed E-state index contributed by atoms with van der Waals surface area (Å²) >= 11 is 0. The zero-order valence-electron chi connectivity index (χ0n) is 20.9. The van der Waals surface area contributed by atoms with Gasteiger partial charge in [-0.25, -0.2) is 0 Å². The SMILES string of the molecule is CC.CC.Cc1ccc(N(c2ccc(C)cc2)c2ccc(C=Cc3ccccc3)cc2)cc1. The summed E-state index contributed by atoms with van der Waals surface area (Å²) in [7, 11) is 0. The van der Waals surface area contributed by atoms with Crippen LogP contribution in [0.4, 0.5) is 17.1 Å². The predicted octanol–water partition coefficient (Wildman–Crippen LogP) is 10.00. The average Bonchev–Trinajstić information content (AvgIpc) is 2.89. The van der Waals surface area contributed by atoms with Crippen molar-refractivity contribution in [1.29, 1.82) is 0 Å². The van der Waals surface area contributed by atoms with E-state index in [0.717, 1.165) is 17.1 Å². The molecule has 0 spiro atoms. The maximum Gasteiger partial charge on any atom is 0.0462 e. The van der Waals surface area contributed by atoms with Gasteiger partial charge in [-0.15, -0.1) is 0 Å². The van der Waals surface area contributed by atoms with E-state index in [1.165, 1.54) is 22.3 Å². The zero-order chi connectivity index (χ0) is 24.1. The molecule has 0 heterocycles. The average molecular weight is 436 g/mol. The summed E-state index contributed by atoms with van der Waals surface area (Å²) in [6, 6.07) is 36.5. The fraction of sp³-hybridized carbons (Fsp3) is 0.188. The topological polar surface area (TPSA) is 3.24 Å². The van der Waals surface area contributed by atoms with E-state index in [9.17, 15) is 0 Å². The van der Waals surface area contributed by atoms with Crippen molar-refractivity contribution in [3.8, 4) is 0 Å². The fourth-order valence-electron chi connectivity index (χ4n) is 3.33. The number of hydrogen-bond acceptors (Lipinski definition) is 1. The Morgan fingerprint density at radius 2 is 0.758 bits per heavy atom. The smallest absolute Gasteiger partial charge is 0.0462 e. The van der Waals surface area contributed by atoms with Crippen molar-refractivity contribution in [3.63, 3.8) is 0 Å². The summed E-state index contributed by atoms with van der Waals surface area (Å²) in [5.41, 5.74) is 8.38. The number of anilines is 3. The normalized spacial score (nSPS) is 10.0. The van der Waals surface area contributed by atoms with Gasteiger partial charge in [0.1, 0.15) is 0 Å². The second-order valence-electron chi connectivity index (χ2n) is 7.34. The third-order valence-corrected chi connectivity index (χ3v) is 5.00. The largest absolute Gasteiger partial charge is 0.311 e. The number of hydrogen-bond donors (Lipinski definition) is 0. The molecule has 0 atom stereocenters. The summed E-state index contributed by atoms with van der Waals surface area (Å²) in [6.07, 6.45) is 4.30. The molecule has 0 saturated carbocycles. The highest BCUT2D eigenvalue weighted by Gasteiger charge is 2.11. The maximum absolute atomic E-state index is 2.30. The molecule has 1 nitrogen and oxygen atoms in total. The van der Waals surface area contributed by atoms with Gasteiger partial charge in [-0.05, 0) is 61.4 Å². The van der Waals surface area contributed by atoms with Crippen LogP contribution in [0.15, 0.2) is 103 Å². The Bertz CT molecular complexity index is 1030. The van der Waals surface area contributed by atoms with Gasteiger partial charge in [0, 0.05) is 17.1 Å². The van der Waals surface area contributed by atoms with Gasteiger partial charge in [0.15, 0.2) is 0 Å². The second-order valence-corrected chi connectivity index (χ2v) is 7.34. The number of aryl methyl sites for hydroxylation is 2. The first-order chi connectivity index (χ1) is 16.2. The van der Waals surface area contributed by atoms with Crippen LogP contribution < -0.4 is 4.90 Å². The molecule has 0 unspecified atom stereocenters. The van der Waals surface area contributed by atoms with Gasteiger partial charge in [-0.1, -0.05) is 118 Å². The molecule has 4 aromatic rings. The minimum atomic E-state index is 1.15. The molecule has 0 amide bonds. The summed E-state index contributed by atoms with van der Waals surface area (Å²) in [5, 5.41) is 0. The number of rotatable bonds is 5. The second kappa shape index (κ2) is 13.8. The van der Waals surface area contributed by atoms with Gasteiger partial charge >= 0.3 is 0 Å². The minimum Gasteiger partial charge on any atom is -0.311 e. The molecule has 0 aliphatic heterocycles. The van der Waals surface area contributed by atoms with Gasteiger partial charge in [0.05, 0.1) is 0 Å².